The molecule has 4 rings (SSSR count). The third kappa shape index (κ3) is 4.88. The van der Waals surface area contributed by atoms with E-state index in [9.17, 15) is 14.9 Å². The number of ether oxygens (including phenoxy) is 1. The molecule has 1 unspecified atom stereocenters. The van der Waals surface area contributed by atoms with E-state index in [-0.39, 0.29) is 37.3 Å². The van der Waals surface area contributed by atoms with Crippen LogP contribution in [0.2, 0.25) is 0 Å². The van der Waals surface area contributed by atoms with Crippen molar-refractivity contribution in [1.82, 2.24) is 0 Å². The third-order valence-electron chi connectivity index (χ3n) is 5.36. The molecule has 1 aliphatic heterocycles. The van der Waals surface area contributed by atoms with E-state index in [1.54, 1.807) is 11.0 Å². The zero-order valence-corrected chi connectivity index (χ0v) is 17.8. The van der Waals surface area contributed by atoms with Gasteiger partial charge in [0.1, 0.15) is 12.4 Å². The summed E-state index contributed by atoms with van der Waals surface area (Å²) in [6, 6.07) is 21.0. The Balaban J connectivity index is 1.61. The van der Waals surface area contributed by atoms with Crippen LogP contribution in [0.1, 0.15) is 11.6 Å². The minimum atomic E-state index is -0.494. The van der Waals surface area contributed by atoms with Gasteiger partial charge in [-0.15, -0.1) is 0 Å². The van der Waals surface area contributed by atoms with Crippen molar-refractivity contribution in [2.24, 2.45) is 0 Å². The lowest BCUT2D eigenvalue weighted by atomic mass is 10.0. The number of non-ortho nitro benzene ring substituents is 1. The summed E-state index contributed by atoms with van der Waals surface area (Å²) in [4.78, 5) is 25.9. The Kier molecular flexibility index (Phi) is 6.70. The van der Waals surface area contributed by atoms with Gasteiger partial charge in [0.05, 0.1) is 41.2 Å². The molecule has 0 bridgehead atoms. The molecule has 0 spiro atoms. The lowest BCUT2D eigenvalue weighted by Gasteiger charge is -2.37. The first-order valence-electron chi connectivity index (χ1n) is 10.5. The molecule has 1 atom stereocenters. The summed E-state index contributed by atoms with van der Waals surface area (Å²) in [5, 5.41) is 26.4. The van der Waals surface area contributed by atoms with Gasteiger partial charge in [-0.05, 0) is 23.8 Å². The van der Waals surface area contributed by atoms with E-state index >= 15 is 0 Å². The molecule has 9 nitrogen and oxygen atoms in total. The molecule has 3 aromatic carbocycles. The number of aliphatic hydroxyl groups excluding tert-OH is 1. The van der Waals surface area contributed by atoms with Crippen LogP contribution in [0, 0.1) is 10.1 Å². The lowest BCUT2D eigenvalue weighted by molar-refractivity contribution is -0.384. The largest absolute Gasteiger partial charge is 0.489 e. The van der Waals surface area contributed by atoms with Crippen LogP contribution in [0.15, 0.2) is 72.8 Å². The van der Waals surface area contributed by atoms with Crippen molar-refractivity contribution >= 4 is 28.7 Å². The maximum Gasteiger partial charge on any atom is 0.271 e. The highest BCUT2D eigenvalue weighted by Crippen LogP contribution is 2.39. The molecule has 9 heteroatoms. The SMILES string of the molecule is O=C(CNc1cc([N+](=O)[O-])ccc1NCCO)N1c2ccccc2OCC1c1ccccc1. The molecule has 3 aromatic rings. The van der Waals surface area contributed by atoms with E-state index < -0.39 is 4.92 Å². The topological polar surface area (TPSA) is 117 Å². The van der Waals surface area contributed by atoms with Gasteiger partial charge in [-0.2, -0.15) is 0 Å². The van der Waals surface area contributed by atoms with Crippen molar-refractivity contribution in [3.8, 4) is 5.75 Å². The fraction of sp³-hybridized carbons (Fsp3) is 0.208. The van der Waals surface area contributed by atoms with Crippen LogP contribution in [-0.4, -0.2) is 42.2 Å². The molecular formula is C24H24N4O5. The third-order valence-corrected chi connectivity index (χ3v) is 5.36. The second-order valence-corrected chi connectivity index (χ2v) is 7.46. The number of benzene rings is 3. The van der Waals surface area contributed by atoms with Crippen LogP contribution in [0.4, 0.5) is 22.7 Å². The quantitative estimate of drug-likeness (QED) is 0.356. The Bertz CT molecular complexity index is 1140. The number of hydrogen-bond donors (Lipinski definition) is 3. The number of nitro benzene ring substituents is 1. The molecule has 33 heavy (non-hydrogen) atoms. The van der Waals surface area contributed by atoms with Gasteiger partial charge in [-0.3, -0.25) is 19.8 Å². The maximum atomic E-state index is 13.5. The van der Waals surface area contributed by atoms with E-state index in [2.05, 4.69) is 10.6 Å². The standard InChI is InChI=1S/C24H24N4O5/c29-13-12-25-19-11-10-18(28(31)32)14-20(19)26-15-24(30)27-21-8-4-5-9-23(21)33-16-22(27)17-6-2-1-3-7-17/h1-11,14,22,25-26,29H,12-13,15-16H2. The first-order valence-corrected chi connectivity index (χ1v) is 10.5. The lowest BCUT2D eigenvalue weighted by Crippen LogP contribution is -2.43. The molecule has 1 amide bonds. The number of nitrogens with zero attached hydrogens (tertiary/aromatic N) is 2. The molecule has 1 aliphatic rings. The number of hydrogen-bond acceptors (Lipinski definition) is 7. The number of aliphatic hydroxyl groups is 1. The number of nitrogens with one attached hydrogen (secondary N) is 2. The number of para-hydroxylation sites is 2. The Morgan fingerprint density at radius 3 is 2.58 bits per heavy atom. The van der Waals surface area contributed by atoms with E-state index in [1.807, 2.05) is 54.6 Å². The molecule has 0 aromatic heterocycles. The zero-order chi connectivity index (χ0) is 23.2. The molecule has 3 N–H and O–H groups in total. The molecule has 0 radical (unpaired) electrons. The highest BCUT2D eigenvalue weighted by atomic mass is 16.6. The number of rotatable bonds is 8. The Morgan fingerprint density at radius 2 is 1.82 bits per heavy atom. The van der Waals surface area contributed by atoms with Gasteiger partial charge in [0.15, 0.2) is 0 Å². The minimum absolute atomic E-state index is 0.0906. The number of carbonyl (C=O) groups is 1. The van der Waals surface area contributed by atoms with Crippen molar-refractivity contribution < 1.29 is 19.6 Å². The Labute approximate surface area is 190 Å². The Morgan fingerprint density at radius 1 is 1.06 bits per heavy atom. The van der Waals surface area contributed by atoms with Crippen molar-refractivity contribution in [2.45, 2.75) is 6.04 Å². The summed E-state index contributed by atoms with van der Waals surface area (Å²) in [5.74, 6) is 0.415. The van der Waals surface area contributed by atoms with Crippen molar-refractivity contribution in [2.75, 3.05) is 41.8 Å². The predicted octanol–water partition coefficient (Wildman–Crippen LogP) is 3.58. The summed E-state index contributed by atoms with van der Waals surface area (Å²) in [7, 11) is 0. The first-order chi connectivity index (χ1) is 16.1. The van der Waals surface area contributed by atoms with Crippen LogP contribution in [0.5, 0.6) is 5.75 Å². The van der Waals surface area contributed by atoms with Gasteiger partial charge in [0.25, 0.3) is 5.69 Å². The maximum absolute atomic E-state index is 13.5. The van der Waals surface area contributed by atoms with Crippen LogP contribution in [0.3, 0.4) is 0 Å². The molecule has 0 saturated carbocycles. The molecule has 0 fully saturated rings. The van der Waals surface area contributed by atoms with E-state index in [0.29, 0.717) is 29.4 Å². The monoisotopic (exact) mass is 448 g/mol. The van der Waals surface area contributed by atoms with E-state index in [4.69, 9.17) is 9.84 Å². The molecule has 0 saturated heterocycles. The van der Waals surface area contributed by atoms with Gasteiger partial charge in [0, 0.05) is 18.7 Å². The predicted molar refractivity (Wildman–Crippen MR) is 126 cm³/mol. The van der Waals surface area contributed by atoms with Crippen LogP contribution >= 0.6 is 0 Å². The Hall–Kier alpha value is -4.11. The van der Waals surface area contributed by atoms with Gasteiger partial charge < -0.3 is 20.5 Å². The average molecular weight is 448 g/mol. The number of nitro groups is 1. The smallest absolute Gasteiger partial charge is 0.271 e. The summed E-state index contributed by atoms with van der Waals surface area (Å²) < 4.78 is 5.92. The average Bonchev–Trinajstić information content (AvgIpc) is 2.86. The van der Waals surface area contributed by atoms with Crippen molar-refractivity contribution in [3.05, 3.63) is 88.5 Å². The van der Waals surface area contributed by atoms with E-state index in [1.165, 1.54) is 12.1 Å². The molecular weight excluding hydrogens is 424 g/mol. The van der Waals surface area contributed by atoms with Gasteiger partial charge in [-0.1, -0.05) is 42.5 Å². The van der Waals surface area contributed by atoms with Crippen LogP contribution in [0.25, 0.3) is 0 Å². The van der Waals surface area contributed by atoms with E-state index in [0.717, 1.165) is 5.56 Å². The first kappa shape index (κ1) is 22.1. The molecule has 0 aliphatic carbocycles. The van der Waals surface area contributed by atoms with Gasteiger partial charge in [-0.25, -0.2) is 0 Å². The fourth-order valence-electron chi connectivity index (χ4n) is 3.81. The highest BCUT2D eigenvalue weighted by Gasteiger charge is 2.33. The summed E-state index contributed by atoms with van der Waals surface area (Å²) in [6.07, 6.45) is 0. The summed E-state index contributed by atoms with van der Waals surface area (Å²) in [6.45, 7) is 0.394. The number of anilines is 3. The second-order valence-electron chi connectivity index (χ2n) is 7.46. The number of carbonyl (C=O) groups excluding carboxylic acids is 1. The zero-order valence-electron chi connectivity index (χ0n) is 17.8. The molecule has 170 valence electrons. The van der Waals surface area contributed by atoms with Crippen LogP contribution < -0.4 is 20.3 Å². The summed E-state index contributed by atoms with van der Waals surface area (Å²) >= 11 is 0. The summed E-state index contributed by atoms with van der Waals surface area (Å²) in [5.41, 5.74) is 2.48. The normalized spacial score (nSPS) is 14.7. The highest BCUT2D eigenvalue weighted by molar-refractivity contribution is 5.99. The number of amides is 1. The molecule has 1 heterocycles. The van der Waals surface area contributed by atoms with Gasteiger partial charge in [0.2, 0.25) is 5.91 Å². The second kappa shape index (κ2) is 10.0. The fourth-order valence-corrected chi connectivity index (χ4v) is 3.81. The van der Waals surface area contributed by atoms with Crippen molar-refractivity contribution in [3.63, 3.8) is 0 Å². The minimum Gasteiger partial charge on any atom is -0.489 e. The van der Waals surface area contributed by atoms with Gasteiger partial charge >= 0.3 is 0 Å². The van der Waals surface area contributed by atoms with Crippen molar-refractivity contribution in [1.29, 1.82) is 0 Å². The van der Waals surface area contributed by atoms with Crippen LogP contribution in [-0.2, 0) is 4.79 Å². The number of fused-ring (bicyclic) bond motifs is 1.